The van der Waals surface area contributed by atoms with Crippen LogP contribution in [0.15, 0.2) is 25.3 Å². The lowest BCUT2D eigenvalue weighted by Crippen LogP contribution is -2.44. The number of carbonyl (C=O) groups is 1. The Bertz CT molecular complexity index is 270. The summed E-state index contributed by atoms with van der Waals surface area (Å²) in [7, 11) is 0. The Morgan fingerprint density at radius 1 is 1.16 bits per heavy atom. The van der Waals surface area contributed by atoms with Gasteiger partial charge >= 0.3 is 6.09 Å². The van der Waals surface area contributed by atoms with E-state index in [-0.39, 0.29) is 6.04 Å². The van der Waals surface area contributed by atoms with Crippen LogP contribution >= 0.6 is 0 Å². The molecule has 0 aliphatic carbocycles. The predicted molar refractivity (Wildman–Crippen MR) is 75.2 cm³/mol. The molecule has 0 heterocycles. The van der Waals surface area contributed by atoms with Gasteiger partial charge in [-0.3, -0.25) is 0 Å². The molecule has 0 aromatic carbocycles. The fraction of sp³-hybridized carbons (Fsp3) is 0.643. The van der Waals surface area contributed by atoms with Crippen LogP contribution in [0.2, 0.25) is 0 Å². The van der Waals surface area contributed by atoms with Gasteiger partial charge in [-0.2, -0.15) is 0 Å². The molecule has 0 radical (unpaired) electrons. The summed E-state index contributed by atoms with van der Waals surface area (Å²) in [6, 6.07) is -0.269. The van der Waals surface area contributed by atoms with Crippen molar-refractivity contribution in [3.63, 3.8) is 0 Å². The highest BCUT2D eigenvalue weighted by Gasteiger charge is 2.19. The molecular weight excluding hydrogens is 246 g/mol. The number of hydrogen-bond donors (Lipinski definition) is 1. The molecule has 0 aromatic heterocycles. The normalized spacial score (nSPS) is 11.2. The van der Waals surface area contributed by atoms with Crippen molar-refractivity contribution in [3.05, 3.63) is 25.3 Å². The first-order chi connectivity index (χ1) is 8.89. The van der Waals surface area contributed by atoms with E-state index in [4.69, 9.17) is 14.2 Å². The number of carbonyl (C=O) groups excluding carboxylic acids is 1. The zero-order valence-electron chi connectivity index (χ0n) is 12.1. The highest BCUT2D eigenvalue weighted by molar-refractivity contribution is 5.68. The molecule has 0 saturated carbocycles. The molecule has 0 atom stereocenters. The number of rotatable bonds is 9. The van der Waals surface area contributed by atoms with E-state index in [0.29, 0.717) is 26.4 Å². The lowest BCUT2D eigenvalue weighted by molar-refractivity contribution is 0.0351. The molecule has 0 saturated heterocycles. The van der Waals surface area contributed by atoms with Crippen LogP contribution in [0.5, 0.6) is 0 Å². The first kappa shape index (κ1) is 17.7. The molecule has 1 N–H and O–H groups in total. The number of nitrogens with one attached hydrogen (secondary N) is 1. The quantitative estimate of drug-likeness (QED) is 0.516. The maximum Gasteiger partial charge on any atom is 0.408 e. The van der Waals surface area contributed by atoms with Crippen LogP contribution < -0.4 is 5.32 Å². The molecule has 5 heteroatoms. The Morgan fingerprint density at radius 3 is 2.00 bits per heavy atom. The molecule has 0 rings (SSSR count). The zero-order chi connectivity index (χ0) is 14.7. The maximum atomic E-state index is 11.6. The van der Waals surface area contributed by atoms with E-state index in [1.54, 1.807) is 12.2 Å². The molecule has 5 nitrogen and oxygen atoms in total. The molecule has 0 aromatic rings. The highest BCUT2D eigenvalue weighted by atomic mass is 16.6. The standard InChI is InChI=1S/C14H25NO4/c1-6-8-17-10-12(11-18-9-7-2)15-13(16)19-14(3,4)5/h6-7,12H,1-2,8-11H2,3-5H3,(H,15,16). The third-order valence-corrected chi connectivity index (χ3v) is 1.83. The summed E-state index contributed by atoms with van der Waals surface area (Å²) in [6.07, 6.45) is 2.81. The minimum atomic E-state index is -0.529. The minimum absolute atomic E-state index is 0.269. The first-order valence-corrected chi connectivity index (χ1v) is 6.26. The summed E-state index contributed by atoms with van der Waals surface area (Å²) in [5.41, 5.74) is -0.529. The molecule has 0 bridgehead atoms. The van der Waals surface area contributed by atoms with Crippen LogP contribution in [0, 0.1) is 0 Å². The number of amides is 1. The van der Waals surface area contributed by atoms with Gasteiger partial charge in [0.05, 0.1) is 32.5 Å². The molecular formula is C14H25NO4. The van der Waals surface area contributed by atoms with E-state index >= 15 is 0 Å². The smallest absolute Gasteiger partial charge is 0.408 e. The van der Waals surface area contributed by atoms with Gasteiger partial charge in [-0.25, -0.2) is 4.79 Å². The summed E-state index contributed by atoms with van der Waals surface area (Å²) < 4.78 is 15.8. The summed E-state index contributed by atoms with van der Waals surface area (Å²) in [5, 5.41) is 2.71. The Labute approximate surface area is 115 Å². The molecule has 19 heavy (non-hydrogen) atoms. The lowest BCUT2D eigenvalue weighted by Gasteiger charge is -2.23. The number of hydrogen-bond acceptors (Lipinski definition) is 4. The molecule has 0 aliphatic rings. The SMILES string of the molecule is C=CCOCC(COCC=C)NC(=O)OC(C)(C)C. The Hall–Kier alpha value is -1.33. The van der Waals surface area contributed by atoms with Gasteiger partial charge in [0.2, 0.25) is 0 Å². The summed E-state index contributed by atoms with van der Waals surface area (Å²) in [5.74, 6) is 0. The Morgan fingerprint density at radius 2 is 1.63 bits per heavy atom. The monoisotopic (exact) mass is 271 g/mol. The van der Waals surface area contributed by atoms with Gasteiger partial charge in [-0.1, -0.05) is 12.2 Å². The van der Waals surface area contributed by atoms with Crippen LogP contribution in [0.3, 0.4) is 0 Å². The Balaban J connectivity index is 4.18. The summed E-state index contributed by atoms with van der Waals surface area (Å²) in [6.45, 7) is 14.1. The van der Waals surface area contributed by atoms with E-state index in [1.165, 1.54) is 0 Å². The number of ether oxygens (including phenoxy) is 3. The van der Waals surface area contributed by atoms with Crippen LogP contribution in [0.25, 0.3) is 0 Å². The topological polar surface area (TPSA) is 56.8 Å². The molecule has 0 spiro atoms. The molecule has 110 valence electrons. The fourth-order valence-electron chi connectivity index (χ4n) is 1.19. The van der Waals surface area contributed by atoms with E-state index in [1.807, 2.05) is 20.8 Å². The second kappa shape index (κ2) is 9.58. The average Bonchev–Trinajstić information content (AvgIpc) is 2.26. The zero-order valence-corrected chi connectivity index (χ0v) is 12.1. The van der Waals surface area contributed by atoms with E-state index in [9.17, 15) is 4.79 Å². The minimum Gasteiger partial charge on any atom is -0.444 e. The number of alkyl carbamates (subject to hydrolysis) is 1. The Kier molecular flexibility index (Phi) is 8.91. The van der Waals surface area contributed by atoms with Crippen molar-refractivity contribution in [1.82, 2.24) is 5.32 Å². The van der Waals surface area contributed by atoms with Gasteiger partial charge in [0.1, 0.15) is 5.60 Å². The van der Waals surface area contributed by atoms with Gasteiger partial charge in [0.25, 0.3) is 0 Å². The molecule has 1 amide bonds. The van der Waals surface area contributed by atoms with Crippen molar-refractivity contribution in [2.75, 3.05) is 26.4 Å². The molecule has 0 unspecified atom stereocenters. The summed E-state index contributed by atoms with van der Waals surface area (Å²) >= 11 is 0. The van der Waals surface area contributed by atoms with Gasteiger partial charge in [-0.15, -0.1) is 13.2 Å². The van der Waals surface area contributed by atoms with Gasteiger partial charge in [0.15, 0.2) is 0 Å². The second-order valence-electron chi connectivity index (χ2n) is 5.00. The van der Waals surface area contributed by atoms with Crippen molar-refractivity contribution in [1.29, 1.82) is 0 Å². The average molecular weight is 271 g/mol. The van der Waals surface area contributed by atoms with Crippen molar-refractivity contribution in [2.45, 2.75) is 32.4 Å². The lowest BCUT2D eigenvalue weighted by atomic mass is 10.2. The largest absolute Gasteiger partial charge is 0.444 e. The molecule has 0 aliphatic heterocycles. The third kappa shape index (κ3) is 11.5. The second-order valence-corrected chi connectivity index (χ2v) is 5.00. The third-order valence-electron chi connectivity index (χ3n) is 1.83. The first-order valence-electron chi connectivity index (χ1n) is 6.26. The van der Waals surface area contributed by atoms with E-state index < -0.39 is 11.7 Å². The fourth-order valence-corrected chi connectivity index (χ4v) is 1.19. The van der Waals surface area contributed by atoms with Crippen molar-refractivity contribution < 1.29 is 19.0 Å². The van der Waals surface area contributed by atoms with Crippen molar-refractivity contribution in [3.8, 4) is 0 Å². The van der Waals surface area contributed by atoms with Gasteiger partial charge < -0.3 is 19.5 Å². The maximum absolute atomic E-state index is 11.6. The van der Waals surface area contributed by atoms with Crippen LogP contribution in [-0.2, 0) is 14.2 Å². The van der Waals surface area contributed by atoms with Crippen LogP contribution in [0.4, 0.5) is 4.79 Å². The predicted octanol–water partition coefficient (Wildman–Crippen LogP) is 2.28. The van der Waals surface area contributed by atoms with E-state index in [0.717, 1.165) is 0 Å². The van der Waals surface area contributed by atoms with E-state index in [2.05, 4.69) is 18.5 Å². The van der Waals surface area contributed by atoms with Crippen molar-refractivity contribution in [2.24, 2.45) is 0 Å². The highest BCUT2D eigenvalue weighted by Crippen LogP contribution is 2.06. The van der Waals surface area contributed by atoms with Crippen LogP contribution in [-0.4, -0.2) is 44.2 Å². The van der Waals surface area contributed by atoms with Crippen LogP contribution in [0.1, 0.15) is 20.8 Å². The van der Waals surface area contributed by atoms with Gasteiger partial charge in [0, 0.05) is 0 Å². The van der Waals surface area contributed by atoms with Gasteiger partial charge in [-0.05, 0) is 20.8 Å². The van der Waals surface area contributed by atoms with Crippen molar-refractivity contribution >= 4 is 6.09 Å². The molecule has 0 fully saturated rings. The summed E-state index contributed by atoms with van der Waals surface area (Å²) in [4.78, 5) is 11.6.